The van der Waals surface area contributed by atoms with Crippen molar-refractivity contribution in [2.75, 3.05) is 6.54 Å². The van der Waals surface area contributed by atoms with Gasteiger partial charge in [-0.25, -0.2) is 0 Å². The molecule has 0 aromatic heterocycles. The Morgan fingerprint density at radius 1 is 1.08 bits per heavy atom. The van der Waals surface area contributed by atoms with Gasteiger partial charge in [-0.2, -0.15) is 0 Å². The molecule has 0 aliphatic carbocycles. The molecule has 2 unspecified atom stereocenters. The van der Waals surface area contributed by atoms with E-state index in [2.05, 4.69) is 34.9 Å². The molecule has 3 rings (SSSR count). The van der Waals surface area contributed by atoms with Gasteiger partial charge in [-0.05, 0) is 29.9 Å². The third-order valence-corrected chi connectivity index (χ3v) is 4.66. The van der Waals surface area contributed by atoms with Gasteiger partial charge in [0.15, 0.2) is 0 Å². The molecule has 4 nitrogen and oxygen atoms in total. The van der Waals surface area contributed by atoms with E-state index in [1.54, 1.807) is 0 Å². The molecule has 4 heteroatoms. The Labute approximate surface area is 148 Å². The average molecular weight is 336 g/mol. The van der Waals surface area contributed by atoms with Gasteiger partial charge in [0, 0.05) is 25.4 Å². The van der Waals surface area contributed by atoms with Gasteiger partial charge < -0.3 is 10.6 Å². The van der Waals surface area contributed by atoms with Gasteiger partial charge in [-0.15, -0.1) is 0 Å². The minimum atomic E-state index is 0.0401. The highest BCUT2D eigenvalue weighted by atomic mass is 16.2. The standard InChI is InChI=1S/C21H24N2O2/c24-20-12-11-19(15-22-20)23-21(25)14-18(17-9-5-2-6-10-17)13-16-7-3-1-4-8-16/h1-10,18-19H,11-15H2,(H,22,24)(H,23,25). The summed E-state index contributed by atoms with van der Waals surface area (Å²) in [7, 11) is 0. The molecule has 2 amide bonds. The summed E-state index contributed by atoms with van der Waals surface area (Å²) >= 11 is 0. The molecular weight excluding hydrogens is 312 g/mol. The van der Waals surface area contributed by atoms with Crippen LogP contribution in [0.25, 0.3) is 0 Å². The van der Waals surface area contributed by atoms with E-state index in [9.17, 15) is 9.59 Å². The van der Waals surface area contributed by atoms with Crippen LogP contribution in [0.1, 0.15) is 36.3 Å². The van der Waals surface area contributed by atoms with Crippen LogP contribution in [0.2, 0.25) is 0 Å². The van der Waals surface area contributed by atoms with Crippen molar-refractivity contribution < 1.29 is 9.59 Å². The Bertz CT molecular complexity index is 690. The zero-order valence-electron chi connectivity index (χ0n) is 14.3. The lowest BCUT2D eigenvalue weighted by molar-refractivity contribution is -0.125. The molecule has 2 aromatic rings. The van der Waals surface area contributed by atoms with Crippen molar-refractivity contribution in [1.29, 1.82) is 0 Å². The summed E-state index contributed by atoms with van der Waals surface area (Å²) in [4.78, 5) is 23.8. The normalized spacial score (nSPS) is 18.2. The monoisotopic (exact) mass is 336 g/mol. The topological polar surface area (TPSA) is 58.2 Å². The van der Waals surface area contributed by atoms with Crippen LogP contribution in [0, 0.1) is 0 Å². The van der Waals surface area contributed by atoms with Crippen LogP contribution in [0.3, 0.4) is 0 Å². The molecule has 2 atom stereocenters. The van der Waals surface area contributed by atoms with E-state index in [1.165, 1.54) is 11.1 Å². The van der Waals surface area contributed by atoms with Gasteiger partial charge in [0.05, 0.1) is 0 Å². The second-order valence-corrected chi connectivity index (χ2v) is 6.61. The summed E-state index contributed by atoms with van der Waals surface area (Å²) in [5.74, 6) is 0.254. The molecule has 0 saturated carbocycles. The van der Waals surface area contributed by atoms with Gasteiger partial charge >= 0.3 is 0 Å². The lowest BCUT2D eigenvalue weighted by Crippen LogP contribution is -2.48. The van der Waals surface area contributed by atoms with Crippen molar-refractivity contribution in [2.45, 2.75) is 37.6 Å². The van der Waals surface area contributed by atoms with Crippen LogP contribution in [-0.4, -0.2) is 24.4 Å². The highest BCUT2D eigenvalue weighted by Gasteiger charge is 2.22. The second-order valence-electron chi connectivity index (χ2n) is 6.61. The maximum atomic E-state index is 12.5. The molecule has 1 aliphatic heterocycles. The quantitative estimate of drug-likeness (QED) is 0.852. The zero-order valence-corrected chi connectivity index (χ0v) is 14.3. The molecule has 0 spiro atoms. The lowest BCUT2D eigenvalue weighted by Gasteiger charge is -2.25. The SMILES string of the molecule is O=C1CCC(NC(=O)CC(Cc2ccccc2)c2ccccc2)CN1. The summed E-state index contributed by atoms with van der Waals surface area (Å²) in [5, 5.41) is 5.88. The summed E-state index contributed by atoms with van der Waals surface area (Å²) in [6, 6.07) is 20.5. The van der Waals surface area contributed by atoms with Crippen molar-refractivity contribution in [2.24, 2.45) is 0 Å². The highest BCUT2D eigenvalue weighted by Crippen LogP contribution is 2.24. The maximum Gasteiger partial charge on any atom is 0.220 e. The third kappa shape index (κ3) is 5.18. The number of hydrogen-bond donors (Lipinski definition) is 2. The molecule has 1 aliphatic rings. The Morgan fingerprint density at radius 3 is 2.40 bits per heavy atom. The molecule has 0 bridgehead atoms. The first-order valence-corrected chi connectivity index (χ1v) is 8.85. The van der Waals surface area contributed by atoms with E-state index in [4.69, 9.17) is 0 Å². The van der Waals surface area contributed by atoms with Gasteiger partial charge in [0.2, 0.25) is 11.8 Å². The number of amides is 2. The number of hydrogen-bond acceptors (Lipinski definition) is 2. The first-order chi connectivity index (χ1) is 12.2. The fraction of sp³-hybridized carbons (Fsp3) is 0.333. The van der Waals surface area contributed by atoms with Crippen LogP contribution in [0.5, 0.6) is 0 Å². The fourth-order valence-electron chi connectivity index (χ4n) is 3.30. The Balaban J connectivity index is 1.65. The maximum absolute atomic E-state index is 12.5. The lowest BCUT2D eigenvalue weighted by atomic mass is 9.89. The molecule has 1 saturated heterocycles. The van der Waals surface area contributed by atoms with Gasteiger partial charge in [-0.3, -0.25) is 9.59 Å². The predicted octanol–water partition coefficient (Wildman–Crippen LogP) is 2.80. The van der Waals surface area contributed by atoms with Crippen LogP contribution >= 0.6 is 0 Å². The number of carbonyl (C=O) groups is 2. The molecule has 0 radical (unpaired) electrons. The number of benzene rings is 2. The highest BCUT2D eigenvalue weighted by molar-refractivity contribution is 5.79. The van der Waals surface area contributed by atoms with Gasteiger partial charge in [0.1, 0.15) is 0 Å². The van der Waals surface area contributed by atoms with Gasteiger partial charge in [-0.1, -0.05) is 60.7 Å². The minimum Gasteiger partial charge on any atom is -0.354 e. The van der Waals surface area contributed by atoms with Crippen LogP contribution < -0.4 is 10.6 Å². The van der Waals surface area contributed by atoms with E-state index in [-0.39, 0.29) is 23.8 Å². The average Bonchev–Trinajstić information content (AvgIpc) is 2.65. The number of rotatable bonds is 6. The first kappa shape index (κ1) is 17.2. The summed E-state index contributed by atoms with van der Waals surface area (Å²) in [6.45, 7) is 0.527. The zero-order chi connectivity index (χ0) is 17.5. The minimum absolute atomic E-state index is 0.0401. The summed E-state index contributed by atoms with van der Waals surface area (Å²) in [6.07, 6.45) is 2.48. The summed E-state index contributed by atoms with van der Waals surface area (Å²) < 4.78 is 0. The van der Waals surface area contributed by atoms with Crippen molar-refractivity contribution in [3.05, 3.63) is 71.8 Å². The fourth-order valence-corrected chi connectivity index (χ4v) is 3.30. The molecule has 2 aromatic carbocycles. The predicted molar refractivity (Wildman–Crippen MR) is 98.1 cm³/mol. The van der Waals surface area contributed by atoms with Crippen molar-refractivity contribution in [3.63, 3.8) is 0 Å². The van der Waals surface area contributed by atoms with E-state index < -0.39 is 0 Å². The molecule has 2 N–H and O–H groups in total. The number of piperidine rings is 1. The Morgan fingerprint density at radius 2 is 1.76 bits per heavy atom. The molecule has 1 heterocycles. The summed E-state index contributed by atoms with van der Waals surface area (Å²) in [5.41, 5.74) is 2.41. The largest absolute Gasteiger partial charge is 0.354 e. The van der Waals surface area contributed by atoms with Gasteiger partial charge in [0.25, 0.3) is 0 Å². The Kier molecular flexibility index (Phi) is 5.83. The molecule has 1 fully saturated rings. The van der Waals surface area contributed by atoms with E-state index >= 15 is 0 Å². The van der Waals surface area contributed by atoms with E-state index in [1.807, 2.05) is 36.4 Å². The third-order valence-electron chi connectivity index (χ3n) is 4.66. The molecular formula is C21H24N2O2. The van der Waals surface area contributed by atoms with Crippen LogP contribution in [0.15, 0.2) is 60.7 Å². The van der Waals surface area contributed by atoms with Crippen LogP contribution in [0.4, 0.5) is 0 Å². The smallest absolute Gasteiger partial charge is 0.220 e. The Hall–Kier alpha value is -2.62. The van der Waals surface area contributed by atoms with Crippen molar-refractivity contribution in [1.82, 2.24) is 10.6 Å². The second kappa shape index (κ2) is 8.47. The van der Waals surface area contributed by atoms with Crippen molar-refractivity contribution >= 4 is 11.8 Å². The van der Waals surface area contributed by atoms with E-state index in [0.717, 1.165) is 6.42 Å². The molecule has 130 valence electrons. The number of carbonyl (C=O) groups excluding carboxylic acids is 2. The van der Waals surface area contributed by atoms with E-state index in [0.29, 0.717) is 25.8 Å². The first-order valence-electron chi connectivity index (χ1n) is 8.85. The molecule has 25 heavy (non-hydrogen) atoms. The van der Waals surface area contributed by atoms with Crippen LogP contribution in [-0.2, 0) is 16.0 Å². The number of nitrogens with one attached hydrogen (secondary N) is 2. The van der Waals surface area contributed by atoms with Crippen molar-refractivity contribution in [3.8, 4) is 0 Å².